The molecule has 0 fully saturated rings. The maximum atomic E-state index is 5.91. The molecular formula is C14H17N7S. The fraction of sp³-hybridized carbons (Fsp3) is 0.286. The number of anilines is 1. The molecule has 0 aliphatic heterocycles. The predicted octanol–water partition coefficient (Wildman–Crippen LogP) is 1.20. The highest BCUT2D eigenvalue weighted by atomic mass is 32.2. The van der Waals surface area contributed by atoms with Crippen LogP contribution in [0.1, 0.15) is 11.4 Å². The normalized spacial score (nSPS) is 11.1. The van der Waals surface area contributed by atoms with Crippen LogP contribution in [0.4, 0.5) is 5.82 Å². The lowest BCUT2D eigenvalue weighted by Crippen LogP contribution is -2.09. The van der Waals surface area contributed by atoms with Gasteiger partial charge < -0.3 is 10.3 Å². The zero-order valence-corrected chi connectivity index (χ0v) is 12.8. The van der Waals surface area contributed by atoms with Crippen molar-refractivity contribution in [1.29, 1.82) is 0 Å². The Labute approximate surface area is 132 Å². The SMILES string of the molecule is NSCCn1c(CCc2cccnc2)nc2c(N)ncnc21. The molecule has 3 heterocycles. The van der Waals surface area contributed by atoms with Crippen LogP contribution in [0.2, 0.25) is 0 Å². The van der Waals surface area contributed by atoms with Gasteiger partial charge in [-0.25, -0.2) is 15.0 Å². The summed E-state index contributed by atoms with van der Waals surface area (Å²) < 4.78 is 2.07. The Balaban J connectivity index is 1.91. The van der Waals surface area contributed by atoms with Crippen molar-refractivity contribution in [1.82, 2.24) is 24.5 Å². The van der Waals surface area contributed by atoms with E-state index >= 15 is 0 Å². The molecule has 114 valence electrons. The molecule has 0 spiro atoms. The van der Waals surface area contributed by atoms with Crippen molar-refractivity contribution in [2.24, 2.45) is 5.14 Å². The predicted molar refractivity (Wildman–Crippen MR) is 88.0 cm³/mol. The summed E-state index contributed by atoms with van der Waals surface area (Å²) in [6.45, 7) is 0.747. The van der Waals surface area contributed by atoms with Gasteiger partial charge in [0, 0.05) is 31.1 Å². The lowest BCUT2D eigenvalue weighted by molar-refractivity contribution is 0.706. The van der Waals surface area contributed by atoms with Crippen LogP contribution in [0.15, 0.2) is 30.9 Å². The van der Waals surface area contributed by atoms with Gasteiger partial charge >= 0.3 is 0 Å². The highest BCUT2D eigenvalue weighted by molar-refractivity contribution is 7.97. The highest BCUT2D eigenvalue weighted by Gasteiger charge is 2.14. The molecule has 0 bridgehead atoms. The Bertz CT molecular complexity index is 756. The van der Waals surface area contributed by atoms with Crippen molar-refractivity contribution < 1.29 is 0 Å². The Morgan fingerprint density at radius 1 is 1.23 bits per heavy atom. The molecule has 22 heavy (non-hydrogen) atoms. The number of nitrogens with two attached hydrogens (primary N) is 2. The van der Waals surface area contributed by atoms with Crippen LogP contribution in [0, 0.1) is 0 Å². The van der Waals surface area contributed by atoms with Crippen LogP contribution in [-0.2, 0) is 19.4 Å². The minimum atomic E-state index is 0.409. The number of rotatable bonds is 6. The van der Waals surface area contributed by atoms with Gasteiger partial charge in [-0.1, -0.05) is 18.0 Å². The third-order valence-corrected chi connectivity index (χ3v) is 3.85. The van der Waals surface area contributed by atoms with Crippen LogP contribution in [0.3, 0.4) is 0 Å². The zero-order valence-electron chi connectivity index (χ0n) is 12.0. The number of aryl methyl sites for hydroxylation is 3. The second-order valence-electron chi connectivity index (χ2n) is 4.84. The van der Waals surface area contributed by atoms with Crippen molar-refractivity contribution >= 4 is 28.9 Å². The molecule has 3 aromatic rings. The second-order valence-corrected chi connectivity index (χ2v) is 5.58. The second kappa shape index (κ2) is 6.71. The minimum absolute atomic E-state index is 0.409. The number of aromatic nitrogens is 5. The average Bonchev–Trinajstić information content (AvgIpc) is 2.91. The van der Waals surface area contributed by atoms with E-state index < -0.39 is 0 Å². The standard InChI is InChI=1S/C14H17N7S/c15-13-12-14(19-9-18-13)21(6-7-22-16)11(20-12)4-3-10-2-1-5-17-8-10/h1-2,5,8-9H,3-4,6-7,16H2,(H2,15,18,19). The van der Waals surface area contributed by atoms with Gasteiger partial charge in [-0.3, -0.25) is 10.1 Å². The molecule has 0 radical (unpaired) electrons. The van der Waals surface area contributed by atoms with Gasteiger partial charge in [-0.2, -0.15) is 0 Å². The number of imidazole rings is 1. The fourth-order valence-electron chi connectivity index (χ4n) is 2.37. The molecular weight excluding hydrogens is 298 g/mol. The summed E-state index contributed by atoms with van der Waals surface area (Å²) >= 11 is 1.30. The summed E-state index contributed by atoms with van der Waals surface area (Å²) in [5.74, 6) is 2.14. The largest absolute Gasteiger partial charge is 0.382 e. The number of pyridine rings is 1. The highest BCUT2D eigenvalue weighted by Crippen LogP contribution is 2.19. The molecule has 0 aliphatic carbocycles. The monoisotopic (exact) mass is 315 g/mol. The van der Waals surface area contributed by atoms with Crippen molar-refractivity contribution in [3.63, 3.8) is 0 Å². The van der Waals surface area contributed by atoms with Gasteiger partial charge in [0.15, 0.2) is 17.0 Å². The Hall–Kier alpha value is -2.19. The van der Waals surface area contributed by atoms with E-state index in [4.69, 9.17) is 10.9 Å². The fourth-order valence-corrected chi connectivity index (χ4v) is 2.66. The molecule has 0 saturated heterocycles. The van der Waals surface area contributed by atoms with Gasteiger partial charge in [0.05, 0.1) is 0 Å². The van der Waals surface area contributed by atoms with Crippen molar-refractivity contribution in [2.75, 3.05) is 11.5 Å². The number of nitrogens with zero attached hydrogens (tertiary/aromatic N) is 5. The molecule has 3 aromatic heterocycles. The van der Waals surface area contributed by atoms with E-state index in [0.29, 0.717) is 11.3 Å². The Kier molecular flexibility index (Phi) is 4.50. The number of fused-ring (bicyclic) bond motifs is 1. The van der Waals surface area contributed by atoms with E-state index in [1.165, 1.54) is 23.8 Å². The van der Waals surface area contributed by atoms with Gasteiger partial charge in [-0.05, 0) is 18.1 Å². The molecule has 0 atom stereocenters. The van der Waals surface area contributed by atoms with Crippen LogP contribution in [0.25, 0.3) is 11.2 Å². The van der Waals surface area contributed by atoms with E-state index in [1.807, 2.05) is 12.3 Å². The molecule has 3 rings (SSSR count). The smallest absolute Gasteiger partial charge is 0.165 e. The van der Waals surface area contributed by atoms with Crippen LogP contribution in [-0.4, -0.2) is 30.3 Å². The lowest BCUT2D eigenvalue weighted by Gasteiger charge is -2.07. The molecule has 0 saturated carbocycles. The molecule has 4 N–H and O–H groups in total. The summed E-state index contributed by atoms with van der Waals surface area (Å²) in [6, 6.07) is 4.00. The van der Waals surface area contributed by atoms with E-state index in [-0.39, 0.29) is 0 Å². The molecule has 0 aromatic carbocycles. The third kappa shape index (κ3) is 3.02. The molecule has 0 amide bonds. The maximum absolute atomic E-state index is 5.91. The third-order valence-electron chi connectivity index (χ3n) is 3.43. The molecule has 0 unspecified atom stereocenters. The molecule has 0 aliphatic rings. The lowest BCUT2D eigenvalue weighted by atomic mass is 10.1. The maximum Gasteiger partial charge on any atom is 0.165 e. The van der Waals surface area contributed by atoms with Crippen molar-refractivity contribution in [2.45, 2.75) is 19.4 Å². The summed E-state index contributed by atoms with van der Waals surface area (Å²) in [7, 11) is 0. The van der Waals surface area contributed by atoms with Gasteiger partial charge in [-0.15, -0.1) is 0 Å². The van der Waals surface area contributed by atoms with E-state index in [9.17, 15) is 0 Å². The topological polar surface area (TPSA) is 109 Å². The summed E-state index contributed by atoms with van der Waals surface area (Å²) in [5.41, 5.74) is 8.51. The van der Waals surface area contributed by atoms with Crippen molar-refractivity contribution in [3.05, 3.63) is 42.2 Å². The first-order chi connectivity index (χ1) is 10.8. The Morgan fingerprint density at radius 2 is 2.14 bits per heavy atom. The van der Waals surface area contributed by atoms with Crippen LogP contribution >= 0.6 is 11.9 Å². The van der Waals surface area contributed by atoms with Gasteiger partial charge in [0.2, 0.25) is 0 Å². The first-order valence-electron chi connectivity index (χ1n) is 6.95. The Morgan fingerprint density at radius 3 is 2.91 bits per heavy atom. The summed E-state index contributed by atoms with van der Waals surface area (Å²) in [5, 5.41) is 5.55. The first-order valence-corrected chi connectivity index (χ1v) is 8.00. The average molecular weight is 315 g/mol. The zero-order chi connectivity index (χ0) is 15.4. The minimum Gasteiger partial charge on any atom is -0.382 e. The number of nitrogen functional groups attached to an aromatic ring is 1. The van der Waals surface area contributed by atoms with Crippen LogP contribution in [0.5, 0.6) is 0 Å². The van der Waals surface area contributed by atoms with Crippen molar-refractivity contribution in [3.8, 4) is 0 Å². The summed E-state index contributed by atoms with van der Waals surface area (Å²) in [4.78, 5) is 17.1. The quantitative estimate of drug-likeness (QED) is 0.658. The van der Waals surface area contributed by atoms with E-state index in [2.05, 4.69) is 30.6 Å². The summed E-state index contributed by atoms with van der Waals surface area (Å²) in [6.07, 6.45) is 6.76. The molecule has 8 heteroatoms. The number of hydrogen-bond acceptors (Lipinski definition) is 7. The number of hydrogen-bond donors (Lipinski definition) is 2. The van der Waals surface area contributed by atoms with E-state index in [0.717, 1.165) is 36.6 Å². The first kappa shape index (κ1) is 14.7. The van der Waals surface area contributed by atoms with Gasteiger partial charge in [0.1, 0.15) is 12.2 Å². The van der Waals surface area contributed by atoms with Crippen LogP contribution < -0.4 is 10.9 Å². The van der Waals surface area contributed by atoms with E-state index in [1.54, 1.807) is 6.20 Å². The molecule has 7 nitrogen and oxygen atoms in total. The van der Waals surface area contributed by atoms with Gasteiger partial charge in [0.25, 0.3) is 0 Å².